The number of hydrogen-bond donors (Lipinski definition) is 1. The van der Waals surface area contributed by atoms with Gasteiger partial charge in [0.15, 0.2) is 0 Å². The van der Waals surface area contributed by atoms with E-state index in [2.05, 4.69) is 0 Å². The van der Waals surface area contributed by atoms with E-state index in [4.69, 9.17) is 4.74 Å². The van der Waals surface area contributed by atoms with Crippen LogP contribution in [0.1, 0.15) is 28.3 Å². The Morgan fingerprint density at radius 2 is 1.75 bits per heavy atom. The van der Waals surface area contributed by atoms with Gasteiger partial charge in [-0.05, 0) is 49.7 Å². The predicted octanol–water partition coefficient (Wildman–Crippen LogP) is 5.08. The molecule has 162 valence electrons. The Morgan fingerprint density at radius 3 is 2.47 bits per heavy atom. The molecule has 0 aliphatic carbocycles. The molecule has 1 aliphatic rings. The molecule has 1 fully saturated rings. The molecule has 1 atom stereocenters. The van der Waals surface area contributed by atoms with Crippen molar-refractivity contribution in [2.24, 2.45) is 0 Å². The van der Waals surface area contributed by atoms with Crippen molar-refractivity contribution in [3.8, 4) is 5.75 Å². The molecule has 6 heteroatoms. The average molecular weight is 431 g/mol. The highest BCUT2D eigenvalue weighted by Gasteiger charge is 2.48. The second-order valence-electron chi connectivity index (χ2n) is 7.71. The molecule has 1 saturated heterocycles. The number of halogens is 1. The van der Waals surface area contributed by atoms with Crippen LogP contribution in [0.25, 0.3) is 5.76 Å². The van der Waals surface area contributed by atoms with E-state index < -0.39 is 23.5 Å². The third-order valence-electron chi connectivity index (χ3n) is 5.61. The van der Waals surface area contributed by atoms with E-state index in [1.165, 1.54) is 30.2 Å². The van der Waals surface area contributed by atoms with Gasteiger partial charge < -0.3 is 9.84 Å². The van der Waals surface area contributed by atoms with Crippen molar-refractivity contribution in [2.45, 2.75) is 19.9 Å². The molecule has 4 rings (SSSR count). The van der Waals surface area contributed by atoms with E-state index in [-0.39, 0.29) is 17.0 Å². The fourth-order valence-corrected chi connectivity index (χ4v) is 4.05. The summed E-state index contributed by atoms with van der Waals surface area (Å²) in [4.78, 5) is 27.6. The van der Waals surface area contributed by atoms with Gasteiger partial charge in [0, 0.05) is 16.8 Å². The van der Waals surface area contributed by atoms with E-state index >= 15 is 0 Å². The van der Waals surface area contributed by atoms with E-state index in [1.807, 2.05) is 26.0 Å². The molecule has 1 amide bonds. The standard InChI is InChI=1S/C26H22FNO4/c1-15-11-12-16(2)20(13-15)24(29)22-23(19-9-4-5-10-21(19)32-3)28(26(31)25(22)30)18-8-6-7-17(27)14-18/h4-14,23,29H,1-3H3/b24-22+. The number of benzene rings is 3. The Hall–Kier alpha value is -3.93. The Morgan fingerprint density at radius 1 is 1.00 bits per heavy atom. The number of nitrogens with zero attached hydrogens (tertiary/aromatic N) is 1. The highest BCUT2D eigenvalue weighted by molar-refractivity contribution is 6.51. The maximum atomic E-state index is 14.0. The zero-order valence-electron chi connectivity index (χ0n) is 17.9. The Bertz CT molecular complexity index is 1260. The zero-order chi connectivity index (χ0) is 23.0. The van der Waals surface area contributed by atoms with Crippen LogP contribution in [0.15, 0.2) is 72.3 Å². The first kappa shape index (κ1) is 21.3. The fraction of sp³-hybridized carbons (Fsp3) is 0.154. The number of methoxy groups -OCH3 is 1. The van der Waals surface area contributed by atoms with Crippen LogP contribution in [0.3, 0.4) is 0 Å². The van der Waals surface area contributed by atoms with Gasteiger partial charge in [-0.25, -0.2) is 4.39 Å². The lowest BCUT2D eigenvalue weighted by molar-refractivity contribution is -0.132. The summed E-state index contributed by atoms with van der Waals surface area (Å²) < 4.78 is 19.5. The number of amides is 1. The first-order valence-corrected chi connectivity index (χ1v) is 10.1. The molecular weight excluding hydrogens is 409 g/mol. The van der Waals surface area contributed by atoms with Crippen molar-refractivity contribution in [3.63, 3.8) is 0 Å². The summed E-state index contributed by atoms with van der Waals surface area (Å²) in [5, 5.41) is 11.3. The van der Waals surface area contributed by atoms with Gasteiger partial charge in [0.25, 0.3) is 11.7 Å². The first-order valence-electron chi connectivity index (χ1n) is 10.1. The third-order valence-corrected chi connectivity index (χ3v) is 5.61. The number of aliphatic hydroxyl groups excluding tert-OH is 1. The van der Waals surface area contributed by atoms with Crippen LogP contribution in [0, 0.1) is 19.7 Å². The molecule has 3 aromatic rings. The molecular formula is C26H22FNO4. The van der Waals surface area contributed by atoms with Crippen LogP contribution in [-0.4, -0.2) is 23.9 Å². The Balaban J connectivity index is 2.03. The molecule has 1 N–H and O–H groups in total. The van der Waals surface area contributed by atoms with Gasteiger partial charge in [0.05, 0.1) is 18.7 Å². The van der Waals surface area contributed by atoms with Crippen LogP contribution in [-0.2, 0) is 9.59 Å². The molecule has 3 aromatic carbocycles. The summed E-state index contributed by atoms with van der Waals surface area (Å²) in [6.45, 7) is 3.69. The summed E-state index contributed by atoms with van der Waals surface area (Å²) in [6.07, 6.45) is 0. The van der Waals surface area contributed by atoms with Gasteiger partial charge in [-0.2, -0.15) is 0 Å². The topological polar surface area (TPSA) is 66.8 Å². The molecule has 5 nitrogen and oxygen atoms in total. The molecule has 0 saturated carbocycles. The number of anilines is 1. The fourth-order valence-electron chi connectivity index (χ4n) is 4.05. The van der Waals surface area contributed by atoms with Crippen molar-refractivity contribution >= 4 is 23.1 Å². The minimum absolute atomic E-state index is 0.0718. The Kier molecular flexibility index (Phi) is 5.53. The van der Waals surface area contributed by atoms with Crippen LogP contribution in [0.4, 0.5) is 10.1 Å². The highest BCUT2D eigenvalue weighted by atomic mass is 19.1. The summed E-state index contributed by atoms with van der Waals surface area (Å²) >= 11 is 0. The lowest BCUT2D eigenvalue weighted by atomic mass is 9.92. The van der Waals surface area contributed by atoms with E-state index in [9.17, 15) is 19.1 Å². The highest BCUT2D eigenvalue weighted by Crippen LogP contribution is 2.45. The second-order valence-corrected chi connectivity index (χ2v) is 7.71. The smallest absolute Gasteiger partial charge is 0.300 e. The van der Waals surface area contributed by atoms with Gasteiger partial charge in [-0.3, -0.25) is 14.5 Å². The minimum Gasteiger partial charge on any atom is -0.507 e. The van der Waals surface area contributed by atoms with Crippen LogP contribution in [0.2, 0.25) is 0 Å². The summed E-state index contributed by atoms with van der Waals surface area (Å²) in [6, 6.07) is 16.9. The zero-order valence-corrected chi connectivity index (χ0v) is 17.9. The summed E-state index contributed by atoms with van der Waals surface area (Å²) in [5.74, 6) is -2.08. The van der Waals surface area contributed by atoms with Crippen LogP contribution in [0.5, 0.6) is 5.75 Å². The third kappa shape index (κ3) is 3.54. The number of ether oxygens (including phenoxy) is 1. The van der Waals surface area contributed by atoms with Gasteiger partial charge >= 0.3 is 0 Å². The van der Waals surface area contributed by atoms with Gasteiger partial charge in [0.1, 0.15) is 17.3 Å². The average Bonchev–Trinajstić information content (AvgIpc) is 3.05. The molecule has 0 aromatic heterocycles. The number of aryl methyl sites for hydroxylation is 2. The number of rotatable bonds is 4. The largest absolute Gasteiger partial charge is 0.507 e. The molecule has 32 heavy (non-hydrogen) atoms. The van der Waals surface area contributed by atoms with Crippen LogP contribution < -0.4 is 9.64 Å². The SMILES string of the molecule is COc1ccccc1C1/C(=C(\O)c2cc(C)ccc2C)C(=O)C(=O)N1c1cccc(F)c1. The Labute approximate surface area is 185 Å². The first-order chi connectivity index (χ1) is 15.3. The molecule has 1 aliphatic heterocycles. The lowest BCUT2D eigenvalue weighted by Gasteiger charge is -2.26. The monoisotopic (exact) mass is 431 g/mol. The van der Waals surface area contributed by atoms with Crippen LogP contribution >= 0.6 is 0 Å². The van der Waals surface area contributed by atoms with Crippen molar-refractivity contribution in [3.05, 3.63) is 100 Å². The van der Waals surface area contributed by atoms with E-state index in [1.54, 1.807) is 36.4 Å². The minimum atomic E-state index is -0.993. The number of hydrogen-bond acceptors (Lipinski definition) is 4. The van der Waals surface area contributed by atoms with Gasteiger partial charge in [0.2, 0.25) is 0 Å². The van der Waals surface area contributed by atoms with Gasteiger partial charge in [-0.15, -0.1) is 0 Å². The van der Waals surface area contributed by atoms with E-state index in [0.717, 1.165) is 11.1 Å². The molecule has 0 radical (unpaired) electrons. The quantitative estimate of drug-likeness (QED) is 0.356. The normalized spacial score (nSPS) is 17.6. The number of para-hydroxylation sites is 1. The molecule has 1 heterocycles. The summed E-state index contributed by atoms with van der Waals surface area (Å²) in [7, 11) is 1.48. The molecule has 1 unspecified atom stereocenters. The van der Waals surface area contributed by atoms with E-state index in [0.29, 0.717) is 16.9 Å². The number of ketones is 1. The van der Waals surface area contributed by atoms with Crippen molar-refractivity contribution in [1.82, 2.24) is 0 Å². The summed E-state index contributed by atoms with van der Waals surface area (Å²) in [5.41, 5.74) is 2.75. The predicted molar refractivity (Wildman–Crippen MR) is 120 cm³/mol. The number of carbonyl (C=O) groups excluding carboxylic acids is 2. The number of aliphatic hydroxyl groups is 1. The van der Waals surface area contributed by atoms with Gasteiger partial charge in [-0.1, -0.05) is 42.0 Å². The molecule has 0 spiro atoms. The maximum Gasteiger partial charge on any atom is 0.300 e. The van der Waals surface area contributed by atoms with Crippen molar-refractivity contribution < 1.29 is 23.8 Å². The van der Waals surface area contributed by atoms with Crippen molar-refractivity contribution in [1.29, 1.82) is 0 Å². The molecule has 0 bridgehead atoms. The second kappa shape index (κ2) is 8.30. The van der Waals surface area contributed by atoms with Crippen molar-refractivity contribution in [2.75, 3.05) is 12.0 Å². The lowest BCUT2D eigenvalue weighted by Crippen LogP contribution is -2.29. The maximum absolute atomic E-state index is 14.0. The number of Topliss-reactive ketones (excluding diaryl/α,β-unsaturated/α-hetero) is 1. The number of carbonyl (C=O) groups is 2.